The number of halogens is 1. The maximum atomic E-state index is 12.5. The first-order chi connectivity index (χ1) is 13.9. The molecule has 0 radical (unpaired) electrons. The molecule has 1 aliphatic rings. The van der Waals surface area contributed by atoms with E-state index < -0.39 is 0 Å². The number of phenols is 1. The van der Waals surface area contributed by atoms with Gasteiger partial charge in [0.2, 0.25) is 12.3 Å². The van der Waals surface area contributed by atoms with Crippen molar-refractivity contribution in [3.05, 3.63) is 52.8 Å². The van der Waals surface area contributed by atoms with E-state index in [1.807, 2.05) is 0 Å². The first-order valence-electron chi connectivity index (χ1n) is 9.18. The Morgan fingerprint density at radius 2 is 2.14 bits per heavy atom. The summed E-state index contributed by atoms with van der Waals surface area (Å²) in [5.41, 5.74) is 0.977. The molecule has 1 aromatic heterocycles. The third kappa shape index (κ3) is 5.68. The van der Waals surface area contributed by atoms with E-state index in [0.717, 1.165) is 19.3 Å². The van der Waals surface area contributed by atoms with Crippen molar-refractivity contribution in [2.24, 2.45) is 0 Å². The number of benzene rings is 1. The lowest BCUT2D eigenvalue weighted by atomic mass is 10.1. The molecule has 3 amide bonds. The zero-order valence-corrected chi connectivity index (χ0v) is 16.4. The van der Waals surface area contributed by atoms with Crippen molar-refractivity contribution in [1.29, 1.82) is 0 Å². The van der Waals surface area contributed by atoms with Gasteiger partial charge in [-0.2, -0.15) is 0 Å². The van der Waals surface area contributed by atoms with Gasteiger partial charge < -0.3 is 20.6 Å². The van der Waals surface area contributed by atoms with Crippen LogP contribution in [0.15, 0.2) is 36.5 Å². The molecule has 0 bridgehead atoms. The van der Waals surface area contributed by atoms with Crippen LogP contribution in [0.2, 0.25) is 5.02 Å². The average Bonchev–Trinajstić information content (AvgIpc) is 2.71. The SMILES string of the molecule is O=CN1CCCC(NC(=O)c2cc(NC(=O)Cc3cc(Cl)ccc3O)ccn2)C1. The van der Waals surface area contributed by atoms with Gasteiger partial charge in [0.05, 0.1) is 6.42 Å². The van der Waals surface area contributed by atoms with E-state index in [9.17, 15) is 19.5 Å². The molecule has 3 N–H and O–H groups in total. The number of rotatable bonds is 6. The van der Waals surface area contributed by atoms with Gasteiger partial charge in [0, 0.05) is 41.6 Å². The molecule has 2 heterocycles. The Morgan fingerprint density at radius 1 is 1.31 bits per heavy atom. The van der Waals surface area contributed by atoms with Crippen LogP contribution in [0, 0.1) is 0 Å². The molecule has 0 spiro atoms. The van der Waals surface area contributed by atoms with Gasteiger partial charge in [-0.25, -0.2) is 0 Å². The summed E-state index contributed by atoms with van der Waals surface area (Å²) in [5.74, 6) is -0.753. The highest BCUT2D eigenvalue weighted by atomic mass is 35.5. The molecule has 152 valence electrons. The molecule has 8 nitrogen and oxygen atoms in total. The molecule has 1 unspecified atom stereocenters. The van der Waals surface area contributed by atoms with E-state index in [2.05, 4.69) is 15.6 Å². The summed E-state index contributed by atoms with van der Waals surface area (Å²) >= 11 is 5.90. The van der Waals surface area contributed by atoms with Crippen molar-refractivity contribution >= 4 is 35.5 Å². The summed E-state index contributed by atoms with van der Waals surface area (Å²) in [4.78, 5) is 41.4. The second kappa shape index (κ2) is 9.38. The molecule has 1 fully saturated rings. The maximum Gasteiger partial charge on any atom is 0.270 e. The van der Waals surface area contributed by atoms with E-state index in [4.69, 9.17) is 11.6 Å². The number of pyridine rings is 1. The summed E-state index contributed by atoms with van der Waals surface area (Å²) < 4.78 is 0. The number of carbonyl (C=O) groups excluding carboxylic acids is 3. The molecule has 0 saturated carbocycles. The van der Waals surface area contributed by atoms with Crippen LogP contribution in [0.3, 0.4) is 0 Å². The van der Waals surface area contributed by atoms with E-state index in [1.165, 1.54) is 30.5 Å². The van der Waals surface area contributed by atoms with Crippen molar-refractivity contribution in [3.8, 4) is 5.75 Å². The summed E-state index contributed by atoms with van der Waals surface area (Å²) in [6.45, 7) is 1.16. The zero-order chi connectivity index (χ0) is 20.8. The fourth-order valence-electron chi connectivity index (χ4n) is 3.19. The van der Waals surface area contributed by atoms with Crippen LogP contribution in [0.5, 0.6) is 5.75 Å². The molecule has 1 aliphatic heterocycles. The predicted octanol–water partition coefficient (Wildman–Crippen LogP) is 1.97. The number of amides is 3. The van der Waals surface area contributed by atoms with Crippen molar-refractivity contribution in [3.63, 3.8) is 0 Å². The van der Waals surface area contributed by atoms with Crippen LogP contribution in [0.1, 0.15) is 28.9 Å². The van der Waals surface area contributed by atoms with Crippen LogP contribution in [0.4, 0.5) is 5.69 Å². The minimum absolute atomic E-state index is 0.0174. The summed E-state index contributed by atoms with van der Waals surface area (Å²) in [7, 11) is 0. The van der Waals surface area contributed by atoms with Crippen LogP contribution >= 0.6 is 11.6 Å². The maximum absolute atomic E-state index is 12.5. The van der Waals surface area contributed by atoms with Gasteiger partial charge >= 0.3 is 0 Å². The summed E-state index contributed by atoms with van der Waals surface area (Å²) in [6, 6.07) is 7.40. The lowest BCUT2D eigenvalue weighted by Crippen LogP contribution is -2.47. The van der Waals surface area contributed by atoms with Crippen LogP contribution in [-0.2, 0) is 16.0 Å². The van der Waals surface area contributed by atoms with E-state index in [1.54, 1.807) is 11.0 Å². The lowest BCUT2D eigenvalue weighted by Gasteiger charge is -2.30. The third-order valence-electron chi connectivity index (χ3n) is 4.61. The number of nitrogens with zero attached hydrogens (tertiary/aromatic N) is 2. The molecule has 9 heteroatoms. The molecular weight excluding hydrogens is 396 g/mol. The Labute approximate surface area is 172 Å². The van der Waals surface area contributed by atoms with Crippen molar-refractivity contribution in [2.75, 3.05) is 18.4 Å². The lowest BCUT2D eigenvalue weighted by molar-refractivity contribution is -0.119. The number of hydrogen-bond acceptors (Lipinski definition) is 5. The standard InChI is InChI=1S/C20H21ClN4O4/c21-14-3-4-18(27)13(8-14)9-19(28)23-15-5-6-22-17(10-15)20(29)24-16-2-1-7-25(11-16)12-26/h3-6,8,10,12,16,27H,1-2,7,9,11H2,(H,24,29)(H,22,23,28). The number of nitrogens with one attached hydrogen (secondary N) is 2. The van der Waals surface area contributed by atoms with Crippen molar-refractivity contribution < 1.29 is 19.5 Å². The van der Waals surface area contributed by atoms with Gasteiger partial charge in [0.15, 0.2) is 0 Å². The van der Waals surface area contributed by atoms with Gasteiger partial charge in [-0.1, -0.05) is 11.6 Å². The van der Waals surface area contributed by atoms with Gasteiger partial charge in [0.25, 0.3) is 5.91 Å². The minimum atomic E-state index is -0.369. The smallest absolute Gasteiger partial charge is 0.270 e. The van der Waals surface area contributed by atoms with E-state index in [0.29, 0.717) is 29.4 Å². The largest absolute Gasteiger partial charge is 0.508 e. The number of aromatic hydroxyl groups is 1. The molecule has 0 aliphatic carbocycles. The Balaban J connectivity index is 1.61. The zero-order valence-electron chi connectivity index (χ0n) is 15.6. The van der Waals surface area contributed by atoms with Gasteiger partial charge in [-0.15, -0.1) is 0 Å². The molecule has 1 saturated heterocycles. The second-order valence-corrected chi connectivity index (χ2v) is 7.28. The number of anilines is 1. The highest BCUT2D eigenvalue weighted by Gasteiger charge is 2.21. The van der Waals surface area contributed by atoms with Crippen LogP contribution in [0.25, 0.3) is 0 Å². The molecule has 29 heavy (non-hydrogen) atoms. The quantitative estimate of drug-likeness (QED) is 0.623. The number of carbonyl (C=O) groups is 3. The van der Waals surface area contributed by atoms with E-state index >= 15 is 0 Å². The predicted molar refractivity (Wildman–Crippen MR) is 108 cm³/mol. The second-order valence-electron chi connectivity index (χ2n) is 6.84. The molecule has 1 atom stereocenters. The molecular formula is C20H21ClN4O4. The highest BCUT2D eigenvalue weighted by molar-refractivity contribution is 6.30. The molecule has 2 aromatic rings. The van der Waals surface area contributed by atoms with Crippen molar-refractivity contribution in [2.45, 2.75) is 25.3 Å². The van der Waals surface area contributed by atoms with E-state index in [-0.39, 0.29) is 35.7 Å². The Hall–Kier alpha value is -3.13. The first kappa shape index (κ1) is 20.6. The molecule has 1 aromatic carbocycles. The molecule has 3 rings (SSSR count). The Bertz CT molecular complexity index is 921. The third-order valence-corrected chi connectivity index (χ3v) is 4.84. The van der Waals surface area contributed by atoms with Crippen LogP contribution in [-0.4, -0.2) is 52.3 Å². The van der Waals surface area contributed by atoms with Crippen LogP contribution < -0.4 is 10.6 Å². The number of aromatic nitrogens is 1. The van der Waals surface area contributed by atoms with Crippen molar-refractivity contribution in [1.82, 2.24) is 15.2 Å². The minimum Gasteiger partial charge on any atom is -0.508 e. The normalized spacial score (nSPS) is 16.2. The number of likely N-dealkylation sites (tertiary alicyclic amines) is 1. The monoisotopic (exact) mass is 416 g/mol. The number of phenolic OH excluding ortho intramolecular Hbond substituents is 1. The first-order valence-corrected chi connectivity index (χ1v) is 9.56. The summed E-state index contributed by atoms with van der Waals surface area (Å²) in [5, 5.41) is 15.8. The highest BCUT2D eigenvalue weighted by Crippen LogP contribution is 2.22. The summed E-state index contributed by atoms with van der Waals surface area (Å²) in [6.07, 6.45) is 3.75. The number of piperidine rings is 1. The number of hydrogen-bond donors (Lipinski definition) is 3. The van der Waals surface area contributed by atoms with Gasteiger partial charge in [-0.05, 0) is 43.2 Å². The average molecular weight is 417 g/mol. The fraction of sp³-hybridized carbons (Fsp3) is 0.300. The van der Waals surface area contributed by atoms with Gasteiger partial charge in [0.1, 0.15) is 11.4 Å². The Morgan fingerprint density at radius 3 is 2.93 bits per heavy atom. The topological polar surface area (TPSA) is 112 Å². The Kier molecular flexibility index (Phi) is 6.66. The van der Waals surface area contributed by atoms with Gasteiger partial charge in [-0.3, -0.25) is 19.4 Å². The fourth-order valence-corrected chi connectivity index (χ4v) is 3.38.